The molecule has 0 aliphatic heterocycles. The smallest absolute Gasteiger partial charge is 0.124 e. The minimum absolute atomic E-state index is 0.0148. The second-order valence-corrected chi connectivity index (χ2v) is 7.01. The van der Waals surface area contributed by atoms with Crippen molar-refractivity contribution in [1.29, 1.82) is 0 Å². The van der Waals surface area contributed by atoms with E-state index in [2.05, 4.69) is 41.0 Å². The molecule has 0 radical (unpaired) electrons. The highest BCUT2D eigenvalue weighted by molar-refractivity contribution is 7.15. The molecule has 0 unspecified atom stereocenters. The van der Waals surface area contributed by atoms with Crippen molar-refractivity contribution in [2.24, 2.45) is 5.41 Å². The van der Waals surface area contributed by atoms with Crippen LogP contribution < -0.4 is 5.32 Å². The molecule has 0 aliphatic rings. The average Bonchev–Trinajstić information content (AvgIpc) is 3.15. The summed E-state index contributed by atoms with van der Waals surface area (Å²) in [7, 11) is 0. The molecule has 2 N–H and O–H groups in total. The molecule has 20 heavy (non-hydrogen) atoms. The van der Waals surface area contributed by atoms with E-state index in [-0.39, 0.29) is 12.0 Å². The molecular formula is C15H22N2OS2. The fourth-order valence-corrected chi connectivity index (χ4v) is 3.73. The third-order valence-electron chi connectivity index (χ3n) is 3.96. The van der Waals surface area contributed by atoms with Gasteiger partial charge in [0.1, 0.15) is 5.01 Å². The maximum atomic E-state index is 9.55. The van der Waals surface area contributed by atoms with E-state index >= 15 is 0 Å². The van der Waals surface area contributed by atoms with E-state index in [4.69, 9.17) is 0 Å². The Labute approximate surface area is 128 Å². The topological polar surface area (TPSA) is 45.1 Å². The number of aliphatic hydroxyl groups is 1. The highest BCUT2D eigenvalue weighted by Gasteiger charge is 2.24. The molecule has 0 aromatic carbocycles. The van der Waals surface area contributed by atoms with Gasteiger partial charge in [0.05, 0.1) is 0 Å². The summed E-state index contributed by atoms with van der Waals surface area (Å²) in [6.45, 7) is 6.20. The molecule has 0 fully saturated rings. The first kappa shape index (κ1) is 15.6. The monoisotopic (exact) mass is 310 g/mol. The maximum absolute atomic E-state index is 9.55. The molecule has 2 heterocycles. The lowest BCUT2D eigenvalue weighted by molar-refractivity contribution is 0.113. The number of aromatic nitrogens is 1. The fraction of sp³-hybridized carbons (Fsp3) is 0.533. The van der Waals surface area contributed by atoms with E-state index < -0.39 is 0 Å². The number of hydrogen-bond donors (Lipinski definition) is 2. The number of nitrogens with one attached hydrogen (secondary N) is 1. The summed E-state index contributed by atoms with van der Waals surface area (Å²) < 4.78 is 0. The number of thiazole rings is 1. The second kappa shape index (κ2) is 7.31. The van der Waals surface area contributed by atoms with Gasteiger partial charge >= 0.3 is 0 Å². The molecule has 0 amide bonds. The van der Waals surface area contributed by atoms with E-state index in [1.807, 2.05) is 6.20 Å². The summed E-state index contributed by atoms with van der Waals surface area (Å²) in [5.74, 6) is 0. The lowest BCUT2D eigenvalue weighted by Crippen LogP contribution is -2.36. The standard InChI is InChI=1S/C15H22N2OS2/c1-3-15(4-2,11-18)10-16-7-13-8-17-14(20-13)12-5-6-19-9-12/h5-6,8-9,16,18H,3-4,7,10-11H2,1-2H3. The van der Waals surface area contributed by atoms with Crippen LogP contribution in [0.1, 0.15) is 31.6 Å². The van der Waals surface area contributed by atoms with Crippen LogP contribution in [0.15, 0.2) is 23.0 Å². The second-order valence-electron chi connectivity index (χ2n) is 5.11. The maximum Gasteiger partial charge on any atom is 0.124 e. The van der Waals surface area contributed by atoms with Crippen molar-refractivity contribution in [3.8, 4) is 10.6 Å². The Morgan fingerprint density at radius 3 is 2.75 bits per heavy atom. The highest BCUT2D eigenvalue weighted by Crippen LogP contribution is 2.28. The van der Waals surface area contributed by atoms with Crippen molar-refractivity contribution >= 4 is 22.7 Å². The van der Waals surface area contributed by atoms with Crippen molar-refractivity contribution in [1.82, 2.24) is 10.3 Å². The highest BCUT2D eigenvalue weighted by atomic mass is 32.1. The Morgan fingerprint density at radius 1 is 1.35 bits per heavy atom. The molecule has 0 bridgehead atoms. The quantitative estimate of drug-likeness (QED) is 0.780. The summed E-state index contributed by atoms with van der Waals surface area (Å²) >= 11 is 3.43. The Kier molecular flexibility index (Phi) is 5.72. The van der Waals surface area contributed by atoms with E-state index in [0.717, 1.165) is 30.9 Å². The third kappa shape index (κ3) is 3.67. The van der Waals surface area contributed by atoms with Gasteiger partial charge in [-0.2, -0.15) is 11.3 Å². The number of rotatable bonds is 8. The molecule has 0 aliphatic carbocycles. The molecule has 0 saturated carbocycles. The van der Waals surface area contributed by atoms with Gasteiger partial charge in [0, 0.05) is 47.1 Å². The summed E-state index contributed by atoms with van der Waals surface area (Å²) in [5, 5.41) is 18.3. The van der Waals surface area contributed by atoms with Crippen molar-refractivity contribution in [2.75, 3.05) is 13.2 Å². The molecule has 5 heteroatoms. The normalized spacial score (nSPS) is 11.9. The molecule has 0 saturated heterocycles. The Hall–Kier alpha value is -0.750. The molecule has 110 valence electrons. The zero-order valence-electron chi connectivity index (χ0n) is 12.1. The first-order chi connectivity index (χ1) is 9.73. The van der Waals surface area contributed by atoms with Crippen molar-refractivity contribution < 1.29 is 5.11 Å². The number of thiophene rings is 1. The molecule has 2 aromatic rings. The van der Waals surface area contributed by atoms with Crippen molar-refractivity contribution in [3.63, 3.8) is 0 Å². The van der Waals surface area contributed by atoms with Gasteiger partial charge in [-0.05, 0) is 24.3 Å². The van der Waals surface area contributed by atoms with E-state index in [9.17, 15) is 5.11 Å². The molecule has 2 rings (SSSR count). The molecule has 2 aromatic heterocycles. The number of nitrogens with zero attached hydrogens (tertiary/aromatic N) is 1. The van der Waals surface area contributed by atoms with Gasteiger partial charge in [0.2, 0.25) is 0 Å². The van der Waals surface area contributed by atoms with Gasteiger partial charge in [-0.3, -0.25) is 0 Å². The SMILES string of the molecule is CCC(CC)(CO)CNCc1cnc(-c2ccsc2)s1. The van der Waals surface area contributed by atoms with Crippen LogP contribution in [0.2, 0.25) is 0 Å². The molecule has 3 nitrogen and oxygen atoms in total. The number of hydrogen-bond acceptors (Lipinski definition) is 5. The lowest BCUT2D eigenvalue weighted by atomic mass is 9.83. The lowest BCUT2D eigenvalue weighted by Gasteiger charge is -2.29. The Morgan fingerprint density at radius 2 is 2.15 bits per heavy atom. The van der Waals surface area contributed by atoms with Gasteiger partial charge in [-0.25, -0.2) is 4.98 Å². The van der Waals surface area contributed by atoms with Crippen LogP contribution in [0.4, 0.5) is 0 Å². The van der Waals surface area contributed by atoms with Crippen LogP contribution in [0.5, 0.6) is 0 Å². The van der Waals surface area contributed by atoms with Crippen LogP contribution in [-0.4, -0.2) is 23.2 Å². The van der Waals surface area contributed by atoms with Crippen LogP contribution in [0.3, 0.4) is 0 Å². The Balaban J connectivity index is 1.89. The summed E-state index contributed by atoms with van der Waals surface area (Å²) in [6, 6.07) is 2.10. The van der Waals surface area contributed by atoms with Crippen LogP contribution in [-0.2, 0) is 6.54 Å². The van der Waals surface area contributed by atoms with Crippen LogP contribution in [0, 0.1) is 5.41 Å². The summed E-state index contributed by atoms with van der Waals surface area (Å²) in [6.07, 6.45) is 3.94. The van der Waals surface area contributed by atoms with Gasteiger partial charge in [0.15, 0.2) is 0 Å². The minimum Gasteiger partial charge on any atom is -0.396 e. The predicted molar refractivity (Wildman–Crippen MR) is 87.2 cm³/mol. The van der Waals surface area contributed by atoms with Gasteiger partial charge in [0.25, 0.3) is 0 Å². The summed E-state index contributed by atoms with van der Waals surface area (Å²) in [5.41, 5.74) is 1.22. The van der Waals surface area contributed by atoms with Crippen molar-refractivity contribution in [2.45, 2.75) is 33.2 Å². The molecule has 0 atom stereocenters. The zero-order chi connectivity index (χ0) is 14.4. The predicted octanol–water partition coefficient (Wildman–Crippen LogP) is 3.76. The molecular weight excluding hydrogens is 288 g/mol. The first-order valence-electron chi connectivity index (χ1n) is 7.02. The Bertz CT molecular complexity index is 495. The van der Waals surface area contributed by atoms with Gasteiger partial charge in [-0.1, -0.05) is 13.8 Å². The van der Waals surface area contributed by atoms with Gasteiger partial charge in [-0.15, -0.1) is 11.3 Å². The summed E-state index contributed by atoms with van der Waals surface area (Å²) in [4.78, 5) is 5.71. The minimum atomic E-state index is 0.0148. The number of aliphatic hydroxyl groups excluding tert-OH is 1. The van der Waals surface area contributed by atoms with Crippen LogP contribution in [0.25, 0.3) is 10.6 Å². The van der Waals surface area contributed by atoms with Gasteiger partial charge < -0.3 is 10.4 Å². The average molecular weight is 310 g/mol. The fourth-order valence-electron chi connectivity index (χ4n) is 2.14. The van der Waals surface area contributed by atoms with E-state index in [1.165, 1.54) is 10.4 Å². The third-order valence-corrected chi connectivity index (χ3v) is 5.69. The van der Waals surface area contributed by atoms with E-state index in [1.54, 1.807) is 22.7 Å². The van der Waals surface area contributed by atoms with Crippen LogP contribution >= 0.6 is 22.7 Å². The zero-order valence-corrected chi connectivity index (χ0v) is 13.7. The molecule has 0 spiro atoms. The van der Waals surface area contributed by atoms with Crippen molar-refractivity contribution in [3.05, 3.63) is 27.9 Å². The largest absolute Gasteiger partial charge is 0.396 e. The first-order valence-corrected chi connectivity index (χ1v) is 8.78. The van der Waals surface area contributed by atoms with E-state index in [0.29, 0.717) is 0 Å².